The molecule has 6 nitrogen and oxygen atoms in total. The SMILES string of the molecule is CC(C)C(NC(=O)c1ccccc1F)C(=O)NCCCc1nc(-c2ccncc2)cs1. The maximum absolute atomic E-state index is 13.8. The monoisotopic (exact) mass is 440 g/mol. The Labute approximate surface area is 184 Å². The van der Waals surface area contributed by atoms with Gasteiger partial charge in [0.25, 0.3) is 5.91 Å². The molecule has 0 radical (unpaired) electrons. The molecule has 0 aliphatic heterocycles. The Hall–Kier alpha value is -3.13. The lowest BCUT2D eigenvalue weighted by molar-refractivity contribution is -0.123. The van der Waals surface area contributed by atoms with Crippen molar-refractivity contribution in [2.45, 2.75) is 32.7 Å². The Morgan fingerprint density at radius 1 is 1.13 bits per heavy atom. The maximum atomic E-state index is 13.8. The fourth-order valence-corrected chi connectivity index (χ4v) is 3.89. The highest BCUT2D eigenvalue weighted by atomic mass is 32.1. The number of nitrogens with zero attached hydrogens (tertiary/aromatic N) is 2. The molecule has 2 N–H and O–H groups in total. The predicted octanol–water partition coefficient (Wildman–Crippen LogP) is 3.85. The number of amides is 2. The summed E-state index contributed by atoms with van der Waals surface area (Å²) in [5.41, 5.74) is 1.87. The van der Waals surface area contributed by atoms with Crippen molar-refractivity contribution in [1.82, 2.24) is 20.6 Å². The number of pyridine rings is 1. The van der Waals surface area contributed by atoms with Gasteiger partial charge in [-0.05, 0) is 36.6 Å². The molecule has 0 saturated heterocycles. The molecule has 2 aromatic heterocycles. The molecule has 0 fully saturated rings. The first-order chi connectivity index (χ1) is 15.0. The van der Waals surface area contributed by atoms with Crippen LogP contribution in [0.15, 0.2) is 54.2 Å². The molecular formula is C23H25FN4O2S. The first-order valence-electron chi connectivity index (χ1n) is 10.1. The molecule has 0 spiro atoms. The van der Waals surface area contributed by atoms with Crippen LogP contribution in [-0.4, -0.2) is 34.4 Å². The van der Waals surface area contributed by atoms with Crippen LogP contribution in [0.4, 0.5) is 4.39 Å². The van der Waals surface area contributed by atoms with Gasteiger partial charge in [-0.1, -0.05) is 26.0 Å². The zero-order valence-electron chi connectivity index (χ0n) is 17.5. The van der Waals surface area contributed by atoms with Crippen molar-refractivity contribution in [2.75, 3.05) is 6.54 Å². The van der Waals surface area contributed by atoms with Gasteiger partial charge in [0.15, 0.2) is 0 Å². The van der Waals surface area contributed by atoms with Crippen LogP contribution >= 0.6 is 11.3 Å². The summed E-state index contributed by atoms with van der Waals surface area (Å²) in [6.45, 7) is 4.13. The number of aromatic nitrogens is 2. The Balaban J connectivity index is 1.49. The summed E-state index contributed by atoms with van der Waals surface area (Å²) in [5, 5.41) is 8.52. The van der Waals surface area contributed by atoms with Crippen molar-refractivity contribution < 1.29 is 14.0 Å². The van der Waals surface area contributed by atoms with Gasteiger partial charge >= 0.3 is 0 Å². The Kier molecular flexibility index (Phi) is 7.83. The molecule has 3 aromatic rings. The van der Waals surface area contributed by atoms with E-state index in [0.29, 0.717) is 6.54 Å². The van der Waals surface area contributed by atoms with Crippen LogP contribution in [0.2, 0.25) is 0 Å². The largest absolute Gasteiger partial charge is 0.354 e. The van der Waals surface area contributed by atoms with Gasteiger partial charge in [0.1, 0.15) is 11.9 Å². The van der Waals surface area contributed by atoms with E-state index < -0.39 is 17.8 Å². The number of thiazole rings is 1. The Morgan fingerprint density at radius 3 is 2.58 bits per heavy atom. The zero-order chi connectivity index (χ0) is 22.2. The van der Waals surface area contributed by atoms with Gasteiger partial charge in [-0.2, -0.15) is 0 Å². The van der Waals surface area contributed by atoms with Gasteiger partial charge in [-0.25, -0.2) is 9.37 Å². The maximum Gasteiger partial charge on any atom is 0.254 e. The highest BCUT2D eigenvalue weighted by Gasteiger charge is 2.25. The molecule has 1 aromatic carbocycles. The highest BCUT2D eigenvalue weighted by molar-refractivity contribution is 7.09. The number of hydrogen-bond acceptors (Lipinski definition) is 5. The summed E-state index contributed by atoms with van der Waals surface area (Å²) >= 11 is 1.59. The van der Waals surface area contributed by atoms with E-state index in [0.717, 1.165) is 29.1 Å². The fraction of sp³-hybridized carbons (Fsp3) is 0.304. The van der Waals surface area contributed by atoms with E-state index in [1.165, 1.54) is 18.2 Å². The Morgan fingerprint density at radius 2 is 1.87 bits per heavy atom. The number of aryl methyl sites for hydroxylation is 1. The van der Waals surface area contributed by atoms with Crippen molar-refractivity contribution in [3.63, 3.8) is 0 Å². The van der Waals surface area contributed by atoms with Gasteiger partial charge in [-0.3, -0.25) is 14.6 Å². The minimum absolute atomic E-state index is 0.0743. The second kappa shape index (κ2) is 10.8. The molecule has 2 amide bonds. The third-order valence-corrected chi connectivity index (χ3v) is 5.66. The minimum atomic E-state index is -0.745. The molecule has 1 atom stereocenters. The first-order valence-corrected chi connectivity index (χ1v) is 11.0. The predicted molar refractivity (Wildman–Crippen MR) is 119 cm³/mol. The number of rotatable bonds is 9. The summed E-state index contributed by atoms with van der Waals surface area (Å²) in [7, 11) is 0. The van der Waals surface area contributed by atoms with Gasteiger partial charge in [-0.15, -0.1) is 11.3 Å². The van der Waals surface area contributed by atoms with Gasteiger partial charge in [0, 0.05) is 36.3 Å². The smallest absolute Gasteiger partial charge is 0.254 e. The first kappa shape index (κ1) is 22.6. The van der Waals surface area contributed by atoms with Crippen molar-refractivity contribution >= 4 is 23.2 Å². The van der Waals surface area contributed by atoms with E-state index in [-0.39, 0.29) is 17.4 Å². The third-order valence-electron chi connectivity index (χ3n) is 4.75. The normalized spacial score (nSPS) is 11.9. The van der Waals surface area contributed by atoms with E-state index in [4.69, 9.17) is 0 Å². The van der Waals surface area contributed by atoms with Crippen LogP contribution in [0.3, 0.4) is 0 Å². The molecule has 162 valence electrons. The van der Waals surface area contributed by atoms with E-state index in [2.05, 4.69) is 20.6 Å². The molecule has 0 aliphatic rings. The van der Waals surface area contributed by atoms with Crippen LogP contribution in [0, 0.1) is 11.7 Å². The average Bonchev–Trinajstić information content (AvgIpc) is 3.24. The van der Waals surface area contributed by atoms with Crippen molar-refractivity contribution in [3.05, 3.63) is 70.6 Å². The van der Waals surface area contributed by atoms with Crippen molar-refractivity contribution in [2.24, 2.45) is 5.92 Å². The van der Waals surface area contributed by atoms with E-state index in [1.54, 1.807) is 29.8 Å². The summed E-state index contributed by atoms with van der Waals surface area (Å²) < 4.78 is 13.8. The molecule has 2 heterocycles. The van der Waals surface area contributed by atoms with Crippen LogP contribution in [0.25, 0.3) is 11.3 Å². The van der Waals surface area contributed by atoms with Crippen LogP contribution < -0.4 is 10.6 Å². The number of benzene rings is 1. The lowest BCUT2D eigenvalue weighted by atomic mass is 10.0. The summed E-state index contributed by atoms with van der Waals surface area (Å²) in [6.07, 6.45) is 4.94. The van der Waals surface area contributed by atoms with E-state index >= 15 is 0 Å². The summed E-state index contributed by atoms with van der Waals surface area (Å²) in [4.78, 5) is 33.6. The van der Waals surface area contributed by atoms with Gasteiger partial charge in [0.05, 0.1) is 16.3 Å². The quantitative estimate of drug-likeness (QED) is 0.495. The lowest BCUT2D eigenvalue weighted by Gasteiger charge is -2.22. The molecule has 8 heteroatoms. The fourth-order valence-electron chi connectivity index (χ4n) is 3.04. The van der Waals surface area contributed by atoms with Crippen LogP contribution in [0.5, 0.6) is 0 Å². The van der Waals surface area contributed by atoms with Gasteiger partial charge in [0.2, 0.25) is 5.91 Å². The number of nitrogens with one attached hydrogen (secondary N) is 2. The average molecular weight is 441 g/mol. The summed E-state index contributed by atoms with van der Waals surface area (Å²) in [6, 6.07) is 8.81. The molecular weight excluding hydrogens is 415 g/mol. The molecule has 0 aliphatic carbocycles. The van der Waals surface area contributed by atoms with Crippen LogP contribution in [-0.2, 0) is 11.2 Å². The number of halogens is 1. The molecule has 3 rings (SSSR count). The Bertz CT molecular complexity index is 1020. The molecule has 0 saturated carbocycles. The number of hydrogen-bond donors (Lipinski definition) is 2. The lowest BCUT2D eigenvalue weighted by Crippen LogP contribution is -2.50. The van der Waals surface area contributed by atoms with Crippen molar-refractivity contribution in [1.29, 1.82) is 0 Å². The second-order valence-electron chi connectivity index (χ2n) is 7.43. The van der Waals surface area contributed by atoms with Crippen molar-refractivity contribution in [3.8, 4) is 11.3 Å². The highest BCUT2D eigenvalue weighted by Crippen LogP contribution is 2.21. The molecule has 1 unspecified atom stereocenters. The summed E-state index contributed by atoms with van der Waals surface area (Å²) in [5.74, 6) is -1.63. The van der Waals surface area contributed by atoms with Gasteiger partial charge < -0.3 is 10.6 Å². The molecule has 31 heavy (non-hydrogen) atoms. The zero-order valence-corrected chi connectivity index (χ0v) is 18.3. The van der Waals surface area contributed by atoms with Crippen LogP contribution in [0.1, 0.15) is 35.6 Å². The van der Waals surface area contributed by atoms with E-state index in [9.17, 15) is 14.0 Å². The second-order valence-corrected chi connectivity index (χ2v) is 8.37. The number of carbonyl (C=O) groups is 2. The third kappa shape index (κ3) is 6.18. The number of carbonyl (C=O) groups excluding carboxylic acids is 2. The minimum Gasteiger partial charge on any atom is -0.354 e. The topological polar surface area (TPSA) is 84.0 Å². The van der Waals surface area contributed by atoms with E-state index in [1.807, 2.05) is 31.4 Å². The molecule has 0 bridgehead atoms. The standard InChI is InChI=1S/C23H25FN4O2S/c1-15(2)21(28-22(29)17-6-3-4-7-18(17)24)23(30)26-11-5-8-20-27-19(14-31-20)16-9-12-25-13-10-16/h3-4,6-7,9-10,12-15,21H,5,8,11H2,1-2H3,(H,26,30)(H,28,29).